The van der Waals surface area contributed by atoms with Crippen molar-refractivity contribution in [1.82, 2.24) is 15.2 Å². The van der Waals surface area contributed by atoms with Crippen molar-refractivity contribution in [1.29, 1.82) is 0 Å². The van der Waals surface area contributed by atoms with E-state index < -0.39 is 0 Å². The topological polar surface area (TPSA) is 74.3 Å². The van der Waals surface area contributed by atoms with E-state index >= 15 is 0 Å². The predicted octanol–water partition coefficient (Wildman–Crippen LogP) is 2.80. The van der Waals surface area contributed by atoms with Gasteiger partial charge >= 0.3 is 0 Å². The summed E-state index contributed by atoms with van der Waals surface area (Å²) in [4.78, 5) is 31.3. The third-order valence-electron chi connectivity index (χ3n) is 4.62. The molecule has 142 valence electrons. The summed E-state index contributed by atoms with van der Waals surface area (Å²) in [5, 5.41) is 6.31. The number of hydrogen-bond acceptors (Lipinski definition) is 5. The fourth-order valence-electron chi connectivity index (χ4n) is 3.10. The number of thiazole rings is 1. The molecular weight excluding hydrogens is 360 g/mol. The first-order chi connectivity index (χ1) is 13.1. The number of piperidine rings is 1. The number of likely N-dealkylation sites (tertiary alicyclic amines) is 1. The Morgan fingerprint density at radius 2 is 2.00 bits per heavy atom. The number of carbonyl (C=O) groups excluding carboxylic acids is 2. The normalized spacial score (nSPS) is 15.3. The van der Waals surface area contributed by atoms with Crippen molar-refractivity contribution in [2.45, 2.75) is 25.9 Å². The van der Waals surface area contributed by atoms with E-state index in [9.17, 15) is 9.59 Å². The number of hydrogen-bond donors (Lipinski definition) is 2. The van der Waals surface area contributed by atoms with Gasteiger partial charge in [0.1, 0.15) is 0 Å². The molecule has 0 atom stereocenters. The van der Waals surface area contributed by atoms with Crippen LogP contribution in [0.15, 0.2) is 49.2 Å². The van der Waals surface area contributed by atoms with Crippen LogP contribution in [0.25, 0.3) is 0 Å². The number of amides is 2. The quantitative estimate of drug-likeness (QED) is 0.720. The van der Waals surface area contributed by atoms with Crippen LogP contribution in [0.5, 0.6) is 0 Å². The molecule has 27 heavy (non-hydrogen) atoms. The second-order valence-corrected chi connectivity index (χ2v) is 7.69. The highest BCUT2D eigenvalue weighted by Crippen LogP contribution is 2.23. The van der Waals surface area contributed by atoms with Crippen molar-refractivity contribution < 1.29 is 9.59 Å². The van der Waals surface area contributed by atoms with E-state index in [-0.39, 0.29) is 17.7 Å². The Morgan fingerprint density at radius 3 is 2.70 bits per heavy atom. The highest BCUT2D eigenvalue weighted by molar-refractivity contribution is 7.15. The lowest BCUT2D eigenvalue weighted by molar-refractivity contribution is -0.126. The second-order valence-electron chi connectivity index (χ2n) is 6.58. The van der Waals surface area contributed by atoms with Gasteiger partial charge in [0.2, 0.25) is 11.8 Å². The van der Waals surface area contributed by atoms with Gasteiger partial charge in [-0.25, -0.2) is 4.98 Å². The first kappa shape index (κ1) is 19.3. The molecule has 0 saturated carbocycles. The molecule has 1 saturated heterocycles. The lowest BCUT2D eigenvalue weighted by Crippen LogP contribution is -2.39. The van der Waals surface area contributed by atoms with Crippen LogP contribution in [-0.2, 0) is 22.7 Å². The Hall–Kier alpha value is -2.51. The third kappa shape index (κ3) is 5.74. The van der Waals surface area contributed by atoms with E-state index in [1.165, 1.54) is 17.4 Å². The van der Waals surface area contributed by atoms with Crippen molar-refractivity contribution >= 4 is 28.3 Å². The SMILES string of the molecule is C=CC(=O)Nc1ncc(CN2CCC(C(=O)NCc3ccccc3)CC2)s1. The number of aromatic nitrogens is 1. The zero-order chi connectivity index (χ0) is 19.1. The van der Waals surface area contributed by atoms with E-state index in [1.807, 2.05) is 30.3 Å². The standard InChI is InChI=1S/C20H24N4O2S/c1-2-18(25)23-20-22-13-17(27-20)14-24-10-8-16(9-11-24)19(26)21-12-15-6-4-3-5-7-15/h2-7,13,16H,1,8-12,14H2,(H,21,26)(H,22,23,25). The van der Waals surface area contributed by atoms with Crippen LogP contribution in [0, 0.1) is 5.92 Å². The molecule has 1 aliphatic heterocycles. The molecule has 0 radical (unpaired) electrons. The molecule has 0 aliphatic carbocycles. The summed E-state index contributed by atoms with van der Waals surface area (Å²) in [6.45, 7) is 6.58. The summed E-state index contributed by atoms with van der Waals surface area (Å²) < 4.78 is 0. The van der Waals surface area contributed by atoms with Crippen LogP contribution in [0.4, 0.5) is 5.13 Å². The van der Waals surface area contributed by atoms with E-state index in [0.717, 1.165) is 42.9 Å². The number of anilines is 1. The average molecular weight is 385 g/mol. The third-order valence-corrected chi connectivity index (χ3v) is 5.51. The van der Waals surface area contributed by atoms with Gasteiger partial charge in [0, 0.05) is 30.1 Å². The second kappa shape index (κ2) is 9.43. The van der Waals surface area contributed by atoms with Gasteiger partial charge in [0.15, 0.2) is 5.13 Å². The molecule has 1 fully saturated rings. The monoisotopic (exact) mass is 384 g/mol. The van der Waals surface area contributed by atoms with Crippen LogP contribution in [-0.4, -0.2) is 34.8 Å². The van der Waals surface area contributed by atoms with E-state index in [4.69, 9.17) is 0 Å². The van der Waals surface area contributed by atoms with Gasteiger partial charge in [-0.1, -0.05) is 36.9 Å². The number of nitrogens with zero attached hydrogens (tertiary/aromatic N) is 2. The fraction of sp³-hybridized carbons (Fsp3) is 0.350. The highest BCUT2D eigenvalue weighted by atomic mass is 32.1. The molecule has 0 unspecified atom stereocenters. The van der Waals surface area contributed by atoms with Gasteiger partial charge in [0.25, 0.3) is 0 Å². The van der Waals surface area contributed by atoms with E-state index in [0.29, 0.717) is 11.7 Å². The Labute approximate surface area is 163 Å². The molecule has 6 nitrogen and oxygen atoms in total. The van der Waals surface area contributed by atoms with Crippen molar-refractivity contribution in [3.63, 3.8) is 0 Å². The van der Waals surface area contributed by atoms with Gasteiger partial charge in [-0.05, 0) is 37.6 Å². The maximum Gasteiger partial charge on any atom is 0.249 e. The summed E-state index contributed by atoms with van der Waals surface area (Å²) in [5.74, 6) is -0.0298. The predicted molar refractivity (Wildman–Crippen MR) is 107 cm³/mol. The molecule has 0 spiro atoms. The minimum Gasteiger partial charge on any atom is -0.352 e. The minimum absolute atomic E-state index is 0.0777. The van der Waals surface area contributed by atoms with Crippen molar-refractivity contribution in [3.8, 4) is 0 Å². The largest absolute Gasteiger partial charge is 0.352 e. The lowest BCUT2D eigenvalue weighted by atomic mass is 9.96. The molecule has 2 N–H and O–H groups in total. The summed E-state index contributed by atoms with van der Waals surface area (Å²) in [6.07, 6.45) is 4.75. The maximum absolute atomic E-state index is 12.4. The van der Waals surface area contributed by atoms with Crippen molar-refractivity contribution in [2.24, 2.45) is 5.92 Å². The molecule has 2 aromatic rings. The molecular formula is C20H24N4O2S. The minimum atomic E-state index is -0.252. The summed E-state index contributed by atoms with van der Waals surface area (Å²) in [6, 6.07) is 9.97. The fourth-order valence-corrected chi connectivity index (χ4v) is 3.96. The zero-order valence-electron chi connectivity index (χ0n) is 15.2. The number of carbonyl (C=O) groups is 2. The van der Waals surface area contributed by atoms with Crippen LogP contribution in [0.3, 0.4) is 0 Å². The molecule has 2 amide bonds. The van der Waals surface area contributed by atoms with Gasteiger partial charge in [-0.15, -0.1) is 11.3 Å². The van der Waals surface area contributed by atoms with Gasteiger partial charge in [-0.3, -0.25) is 19.8 Å². The molecule has 1 aromatic carbocycles. The van der Waals surface area contributed by atoms with Gasteiger partial charge in [-0.2, -0.15) is 0 Å². The average Bonchev–Trinajstić information content (AvgIpc) is 3.14. The smallest absolute Gasteiger partial charge is 0.249 e. The van der Waals surface area contributed by atoms with Crippen LogP contribution in [0.2, 0.25) is 0 Å². The van der Waals surface area contributed by atoms with E-state index in [1.54, 1.807) is 6.20 Å². The molecule has 1 aromatic heterocycles. The van der Waals surface area contributed by atoms with Crippen LogP contribution in [0.1, 0.15) is 23.3 Å². The lowest BCUT2D eigenvalue weighted by Gasteiger charge is -2.30. The summed E-state index contributed by atoms with van der Waals surface area (Å²) >= 11 is 1.47. The summed E-state index contributed by atoms with van der Waals surface area (Å²) in [7, 11) is 0. The number of rotatable bonds is 7. The summed E-state index contributed by atoms with van der Waals surface area (Å²) in [5.41, 5.74) is 1.12. The number of nitrogens with one attached hydrogen (secondary N) is 2. The molecule has 2 heterocycles. The van der Waals surface area contributed by atoms with Crippen LogP contribution >= 0.6 is 11.3 Å². The van der Waals surface area contributed by atoms with E-state index in [2.05, 4.69) is 27.1 Å². The first-order valence-electron chi connectivity index (χ1n) is 9.06. The Bertz CT molecular complexity index is 782. The Balaban J connectivity index is 1.41. The highest BCUT2D eigenvalue weighted by Gasteiger charge is 2.25. The van der Waals surface area contributed by atoms with Crippen molar-refractivity contribution in [3.05, 3.63) is 59.6 Å². The molecule has 7 heteroatoms. The van der Waals surface area contributed by atoms with Crippen molar-refractivity contribution in [2.75, 3.05) is 18.4 Å². The first-order valence-corrected chi connectivity index (χ1v) is 9.88. The molecule has 0 bridgehead atoms. The Morgan fingerprint density at radius 1 is 1.26 bits per heavy atom. The van der Waals surface area contributed by atoms with Gasteiger partial charge in [0.05, 0.1) is 0 Å². The number of benzene rings is 1. The Kier molecular flexibility index (Phi) is 6.73. The van der Waals surface area contributed by atoms with Crippen LogP contribution < -0.4 is 10.6 Å². The van der Waals surface area contributed by atoms with Gasteiger partial charge < -0.3 is 5.32 Å². The maximum atomic E-state index is 12.4. The molecule has 3 rings (SSSR count). The molecule has 1 aliphatic rings. The zero-order valence-corrected chi connectivity index (χ0v) is 16.0.